The summed E-state index contributed by atoms with van der Waals surface area (Å²) in [4.78, 5) is 0. The van der Waals surface area contributed by atoms with Gasteiger partial charge in [0.05, 0.1) is 0 Å². The lowest BCUT2D eigenvalue weighted by molar-refractivity contribution is 0.214. The molecule has 1 fully saturated rings. The summed E-state index contributed by atoms with van der Waals surface area (Å²) in [5, 5.41) is 0. The summed E-state index contributed by atoms with van der Waals surface area (Å²) in [5.74, 6) is 0. The van der Waals surface area contributed by atoms with Crippen molar-refractivity contribution in [3.05, 3.63) is 0 Å². The monoisotopic (exact) mass is 235 g/mol. The molecule has 0 aromatic carbocycles. The van der Waals surface area contributed by atoms with Gasteiger partial charge in [-0.2, -0.15) is 17.0 Å². The van der Waals surface area contributed by atoms with Crippen LogP contribution in [0.4, 0.5) is 0 Å². The van der Waals surface area contributed by atoms with Gasteiger partial charge in [0.25, 0.3) is 10.2 Å². The minimum atomic E-state index is -3.31. The van der Waals surface area contributed by atoms with Crippen LogP contribution in [-0.4, -0.2) is 48.2 Å². The molecule has 1 heterocycles. The molecular formula is C9H21N3O2S. The average Bonchev–Trinajstić information content (AvgIpc) is 1.95. The molecule has 0 aromatic heterocycles. The quantitative estimate of drug-likeness (QED) is 0.745. The highest BCUT2D eigenvalue weighted by atomic mass is 32.2. The number of hydrogen-bond acceptors (Lipinski definition) is 3. The third-order valence-electron chi connectivity index (χ3n) is 2.49. The zero-order chi connectivity index (χ0) is 11.8. The molecule has 0 radical (unpaired) electrons. The van der Waals surface area contributed by atoms with Crippen LogP contribution >= 0.6 is 0 Å². The zero-order valence-electron chi connectivity index (χ0n) is 9.84. The maximum Gasteiger partial charge on any atom is 0.282 e. The zero-order valence-corrected chi connectivity index (χ0v) is 10.7. The minimum Gasteiger partial charge on any atom is -0.325 e. The second-order valence-corrected chi connectivity index (χ2v) is 6.44. The van der Waals surface area contributed by atoms with E-state index in [2.05, 4.69) is 0 Å². The molecule has 1 saturated heterocycles. The summed E-state index contributed by atoms with van der Waals surface area (Å²) in [5.41, 5.74) is 5.59. The Morgan fingerprint density at radius 3 is 1.87 bits per heavy atom. The van der Waals surface area contributed by atoms with Crippen molar-refractivity contribution in [2.45, 2.75) is 45.8 Å². The second kappa shape index (κ2) is 4.37. The Bertz CT molecular complexity index is 299. The number of nitrogens with zero attached hydrogens (tertiary/aromatic N) is 2. The highest BCUT2D eigenvalue weighted by Crippen LogP contribution is 2.20. The topological polar surface area (TPSA) is 66.6 Å². The Hall–Kier alpha value is -0.170. The van der Waals surface area contributed by atoms with Crippen LogP contribution in [0.2, 0.25) is 0 Å². The summed E-state index contributed by atoms with van der Waals surface area (Å²) in [6, 6.07) is -0.0420. The van der Waals surface area contributed by atoms with Gasteiger partial charge in [-0.05, 0) is 27.7 Å². The van der Waals surface area contributed by atoms with Crippen molar-refractivity contribution in [3.8, 4) is 0 Å². The van der Waals surface area contributed by atoms with Crippen molar-refractivity contribution in [3.63, 3.8) is 0 Å². The van der Waals surface area contributed by atoms with E-state index in [4.69, 9.17) is 5.73 Å². The van der Waals surface area contributed by atoms with Gasteiger partial charge in [-0.1, -0.05) is 0 Å². The van der Waals surface area contributed by atoms with Crippen LogP contribution in [0.15, 0.2) is 0 Å². The maximum absolute atomic E-state index is 12.1. The molecule has 15 heavy (non-hydrogen) atoms. The highest BCUT2D eigenvalue weighted by Gasteiger charge is 2.39. The largest absolute Gasteiger partial charge is 0.325 e. The minimum absolute atomic E-state index is 0.000879. The Morgan fingerprint density at radius 1 is 1.20 bits per heavy atom. The Morgan fingerprint density at radius 2 is 1.60 bits per heavy atom. The van der Waals surface area contributed by atoms with Gasteiger partial charge in [-0.3, -0.25) is 0 Å². The van der Waals surface area contributed by atoms with Crippen LogP contribution in [0.1, 0.15) is 27.7 Å². The first-order valence-corrected chi connectivity index (χ1v) is 6.70. The molecular weight excluding hydrogens is 214 g/mol. The Labute approximate surface area is 92.4 Å². The fraction of sp³-hybridized carbons (Fsp3) is 1.00. The average molecular weight is 235 g/mol. The first-order valence-electron chi connectivity index (χ1n) is 5.31. The molecule has 0 unspecified atom stereocenters. The third kappa shape index (κ3) is 2.50. The normalized spacial score (nSPS) is 20.3. The van der Waals surface area contributed by atoms with Crippen molar-refractivity contribution in [2.24, 2.45) is 5.73 Å². The molecule has 1 rings (SSSR count). The van der Waals surface area contributed by atoms with Crippen molar-refractivity contribution < 1.29 is 8.42 Å². The summed E-state index contributed by atoms with van der Waals surface area (Å²) in [6.07, 6.45) is 0. The molecule has 0 spiro atoms. The van der Waals surface area contributed by atoms with Gasteiger partial charge >= 0.3 is 0 Å². The summed E-state index contributed by atoms with van der Waals surface area (Å²) >= 11 is 0. The lowest BCUT2D eigenvalue weighted by Crippen LogP contribution is -2.62. The fourth-order valence-corrected chi connectivity index (χ4v) is 4.01. The number of rotatable bonds is 4. The van der Waals surface area contributed by atoms with E-state index in [-0.39, 0.29) is 18.1 Å². The predicted octanol–water partition coefficient (Wildman–Crippen LogP) is -0.00710. The van der Waals surface area contributed by atoms with E-state index in [1.54, 1.807) is 0 Å². The maximum atomic E-state index is 12.1. The van der Waals surface area contributed by atoms with Crippen LogP contribution in [-0.2, 0) is 10.2 Å². The van der Waals surface area contributed by atoms with Gasteiger partial charge in [0.15, 0.2) is 0 Å². The molecule has 0 aliphatic carbocycles. The standard InChI is InChI=1S/C9H21N3O2S/c1-7(2)12(8(3)4)15(13,14)11-5-9(10)6-11/h7-9H,5-6,10H2,1-4H3. The molecule has 0 atom stereocenters. The first-order chi connectivity index (χ1) is 6.76. The molecule has 5 nitrogen and oxygen atoms in total. The van der Waals surface area contributed by atoms with E-state index in [0.717, 1.165) is 0 Å². The molecule has 6 heteroatoms. The lowest BCUT2D eigenvalue weighted by atomic mass is 10.2. The Balaban J connectivity index is 2.83. The van der Waals surface area contributed by atoms with E-state index in [1.165, 1.54) is 8.61 Å². The van der Waals surface area contributed by atoms with E-state index in [9.17, 15) is 8.42 Å². The summed E-state index contributed by atoms with van der Waals surface area (Å²) in [6.45, 7) is 8.43. The Kier molecular flexibility index (Phi) is 3.76. The van der Waals surface area contributed by atoms with E-state index < -0.39 is 10.2 Å². The number of hydrogen-bond donors (Lipinski definition) is 1. The molecule has 0 aromatic rings. The van der Waals surface area contributed by atoms with Gasteiger partial charge in [0, 0.05) is 31.2 Å². The molecule has 0 amide bonds. The van der Waals surface area contributed by atoms with Crippen LogP contribution in [0, 0.1) is 0 Å². The molecule has 0 bridgehead atoms. The van der Waals surface area contributed by atoms with Crippen molar-refractivity contribution >= 4 is 10.2 Å². The van der Waals surface area contributed by atoms with Crippen LogP contribution in [0.5, 0.6) is 0 Å². The predicted molar refractivity (Wildman–Crippen MR) is 60.6 cm³/mol. The fourth-order valence-electron chi connectivity index (χ4n) is 1.92. The van der Waals surface area contributed by atoms with Gasteiger partial charge in [0.2, 0.25) is 0 Å². The van der Waals surface area contributed by atoms with Crippen molar-refractivity contribution in [1.82, 2.24) is 8.61 Å². The van der Waals surface area contributed by atoms with Gasteiger partial charge < -0.3 is 5.73 Å². The van der Waals surface area contributed by atoms with Gasteiger partial charge in [0.1, 0.15) is 0 Å². The van der Waals surface area contributed by atoms with Crippen LogP contribution in [0.25, 0.3) is 0 Å². The van der Waals surface area contributed by atoms with Crippen molar-refractivity contribution in [2.75, 3.05) is 13.1 Å². The second-order valence-electron chi connectivity index (χ2n) is 4.60. The van der Waals surface area contributed by atoms with Crippen molar-refractivity contribution in [1.29, 1.82) is 0 Å². The third-order valence-corrected chi connectivity index (χ3v) is 4.81. The lowest BCUT2D eigenvalue weighted by Gasteiger charge is -2.41. The van der Waals surface area contributed by atoms with Crippen LogP contribution < -0.4 is 5.73 Å². The molecule has 1 aliphatic rings. The molecule has 90 valence electrons. The van der Waals surface area contributed by atoms with E-state index in [0.29, 0.717) is 13.1 Å². The summed E-state index contributed by atoms with van der Waals surface area (Å²) < 4.78 is 27.2. The van der Waals surface area contributed by atoms with Gasteiger partial charge in [-0.25, -0.2) is 0 Å². The highest BCUT2D eigenvalue weighted by molar-refractivity contribution is 7.86. The molecule has 1 aliphatic heterocycles. The SMILES string of the molecule is CC(C)N(C(C)C)S(=O)(=O)N1CC(N)C1. The first kappa shape index (κ1) is 12.9. The van der Waals surface area contributed by atoms with E-state index in [1.807, 2.05) is 27.7 Å². The summed E-state index contributed by atoms with van der Waals surface area (Å²) in [7, 11) is -3.31. The van der Waals surface area contributed by atoms with E-state index >= 15 is 0 Å². The number of nitrogens with two attached hydrogens (primary N) is 1. The van der Waals surface area contributed by atoms with Crippen LogP contribution in [0.3, 0.4) is 0 Å². The van der Waals surface area contributed by atoms with Gasteiger partial charge in [-0.15, -0.1) is 0 Å². The molecule has 0 saturated carbocycles. The smallest absolute Gasteiger partial charge is 0.282 e. The molecule has 2 N–H and O–H groups in total.